The third-order valence-electron chi connectivity index (χ3n) is 4.38. The van der Waals surface area contributed by atoms with Crippen molar-refractivity contribution in [1.29, 1.82) is 0 Å². The standard InChI is InChI=1S/C19H20N2O4/c1-13-4-2-7-17(20-13)25-14-8-9-21(12-14)19(22)15-5-3-6-16-18(15)24-11-10-23-16/h2-7,14H,8-12H2,1H3/t14-/m0/s1. The van der Waals surface area contributed by atoms with Gasteiger partial charge < -0.3 is 19.1 Å². The van der Waals surface area contributed by atoms with Gasteiger partial charge in [-0.25, -0.2) is 4.98 Å². The summed E-state index contributed by atoms with van der Waals surface area (Å²) in [5.41, 5.74) is 1.46. The van der Waals surface area contributed by atoms with E-state index in [0.29, 0.717) is 49.2 Å². The van der Waals surface area contributed by atoms with Gasteiger partial charge in [-0.3, -0.25) is 4.79 Å². The van der Waals surface area contributed by atoms with Gasteiger partial charge >= 0.3 is 0 Å². The van der Waals surface area contributed by atoms with E-state index in [1.807, 2.05) is 37.3 Å². The van der Waals surface area contributed by atoms with Crippen LogP contribution in [0.4, 0.5) is 0 Å². The number of ether oxygens (including phenoxy) is 3. The molecule has 2 aliphatic heterocycles. The average molecular weight is 340 g/mol. The smallest absolute Gasteiger partial charge is 0.257 e. The van der Waals surface area contributed by atoms with Crippen LogP contribution in [0.3, 0.4) is 0 Å². The molecule has 130 valence electrons. The Hall–Kier alpha value is -2.76. The van der Waals surface area contributed by atoms with Crippen LogP contribution in [0.1, 0.15) is 22.5 Å². The van der Waals surface area contributed by atoms with Crippen LogP contribution in [-0.4, -0.2) is 48.2 Å². The summed E-state index contributed by atoms with van der Waals surface area (Å²) in [6, 6.07) is 11.1. The van der Waals surface area contributed by atoms with E-state index in [1.54, 1.807) is 11.0 Å². The topological polar surface area (TPSA) is 60.9 Å². The Kier molecular flexibility index (Phi) is 4.17. The SMILES string of the molecule is Cc1cccc(O[C@H]2CCN(C(=O)c3cccc4c3OCCO4)C2)n1. The monoisotopic (exact) mass is 340 g/mol. The molecule has 6 nitrogen and oxygen atoms in total. The van der Waals surface area contributed by atoms with E-state index in [0.717, 1.165) is 12.1 Å². The van der Waals surface area contributed by atoms with Crippen LogP contribution in [0, 0.1) is 6.92 Å². The maximum Gasteiger partial charge on any atom is 0.257 e. The van der Waals surface area contributed by atoms with Gasteiger partial charge in [-0.15, -0.1) is 0 Å². The number of benzene rings is 1. The van der Waals surface area contributed by atoms with Crippen LogP contribution < -0.4 is 14.2 Å². The van der Waals surface area contributed by atoms with Crippen LogP contribution >= 0.6 is 0 Å². The maximum atomic E-state index is 12.9. The molecule has 0 saturated carbocycles. The summed E-state index contributed by atoms with van der Waals surface area (Å²) in [4.78, 5) is 19.1. The molecule has 2 aromatic rings. The molecule has 25 heavy (non-hydrogen) atoms. The van der Waals surface area contributed by atoms with E-state index in [9.17, 15) is 4.79 Å². The van der Waals surface area contributed by atoms with Crippen molar-refractivity contribution in [3.63, 3.8) is 0 Å². The fraction of sp³-hybridized carbons (Fsp3) is 0.368. The first-order chi connectivity index (χ1) is 12.2. The molecule has 1 saturated heterocycles. The first-order valence-corrected chi connectivity index (χ1v) is 8.49. The number of hydrogen-bond acceptors (Lipinski definition) is 5. The van der Waals surface area contributed by atoms with Crippen molar-refractivity contribution >= 4 is 5.91 Å². The Morgan fingerprint density at radius 1 is 1.20 bits per heavy atom. The molecule has 4 rings (SSSR count). The van der Waals surface area contributed by atoms with Gasteiger partial charge in [0.1, 0.15) is 19.3 Å². The number of amides is 1. The van der Waals surface area contributed by atoms with Crippen LogP contribution in [0.25, 0.3) is 0 Å². The van der Waals surface area contributed by atoms with Gasteiger partial charge in [0, 0.05) is 24.7 Å². The summed E-state index contributed by atoms with van der Waals surface area (Å²) in [7, 11) is 0. The molecule has 3 heterocycles. The lowest BCUT2D eigenvalue weighted by molar-refractivity contribution is 0.0760. The second-order valence-electron chi connectivity index (χ2n) is 6.23. The van der Waals surface area contributed by atoms with E-state index in [2.05, 4.69) is 4.98 Å². The second kappa shape index (κ2) is 6.63. The molecule has 1 amide bonds. The number of rotatable bonds is 3. The van der Waals surface area contributed by atoms with Crippen LogP contribution in [0.2, 0.25) is 0 Å². The second-order valence-corrected chi connectivity index (χ2v) is 6.23. The van der Waals surface area contributed by atoms with Gasteiger partial charge in [0.2, 0.25) is 5.88 Å². The summed E-state index contributed by atoms with van der Waals surface area (Å²) in [6.07, 6.45) is 0.739. The number of hydrogen-bond donors (Lipinski definition) is 0. The first-order valence-electron chi connectivity index (χ1n) is 8.49. The zero-order valence-electron chi connectivity index (χ0n) is 14.1. The predicted molar refractivity (Wildman–Crippen MR) is 91.3 cm³/mol. The van der Waals surface area contributed by atoms with Crippen molar-refractivity contribution in [1.82, 2.24) is 9.88 Å². The molecule has 2 aliphatic rings. The number of fused-ring (bicyclic) bond motifs is 1. The normalized spacial score (nSPS) is 18.9. The van der Waals surface area contributed by atoms with Gasteiger partial charge in [-0.1, -0.05) is 12.1 Å². The number of carbonyl (C=O) groups is 1. The van der Waals surface area contributed by atoms with E-state index >= 15 is 0 Å². The van der Waals surface area contributed by atoms with Gasteiger partial charge in [-0.05, 0) is 25.1 Å². The lowest BCUT2D eigenvalue weighted by atomic mass is 10.1. The van der Waals surface area contributed by atoms with E-state index in [-0.39, 0.29) is 12.0 Å². The lowest BCUT2D eigenvalue weighted by Crippen LogP contribution is -2.32. The third kappa shape index (κ3) is 3.24. The number of carbonyl (C=O) groups excluding carboxylic acids is 1. The molecule has 6 heteroatoms. The highest BCUT2D eigenvalue weighted by Gasteiger charge is 2.31. The van der Waals surface area contributed by atoms with E-state index in [4.69, 9.17) is 14.2 Å². The fourth-order valence-corrected chi connectivity index (χ4v) is 3.18. The maximum absolute atomic E-state index is 12.9. The first kappa shape index (κ1) is 15.7. The van der Waals surface area contributed by atoms with Gasteiger partial charge in [0.05, 0.1) is 12.1 Å². The van der Waals surface area contributed by atoms with Crippen molar-refractivity contribution in [3.05, 3.63) is 47.7 Å². The minimum absolute atomic E-state index is 0.0463. The Labute approximate surface area is 146 Å². The van der Waals surface area contributed by atoms with Gasteiger partial charge in [0.25, 0.3) is 5.91 Å². The summed E-state index contributed by atoms with van der Waals surface area (Å²) < 4.78 is 17.1. The summed E-state index contributed by atoms with van der Waals surface area (Å²) in [5, 5.41) is 0. The number of likely N-dealkylation sites (tertiary alicyclic amines) is 1. The highest BCUT2D eigenvalue weighted by Crippen LogP contribution is 2.34. The highest BCUT2D eigenvalue weighted by atomic mass is 16.6. The Morgan fingerprint density at radius 3 is 2.92 bits per heavy atom. The number of aromatic nitrogens is 1. The lowest BCUT2D eigenvalue weighted by Gasteiger charge is -2.23. The molecule has 1 aromatic carbocycles. The minimum Gasteiger partial charge on any atom is -0.486 e. The van der Waals surface area contributed by atoms with Crippen molar-refractivity contribution < 1.29 is 19.0 Å². The summed E-state index contributed by atoms with van der Waals surface area (Å²) in [5.74, 6) is 1.73. The number of para-hydroxylation sites is 1. The predicted octanol–water partition coefficient (Wildman–Crippen LogP) is 2.45. The fourth-order valence-electron chi connectivity index (χ4n) is 3.18. The van der Waals surface area contributed by atoms with Crippen molar-refractivity contribution in [2.24, 2.45) is 0 Å². The molecular weight excluding hydrogens is 320 g/mol. The molecule has 1 atom stereocenters. The summed E-state index contributed by atoms with van der Waals surface area (Å²) >= 11 is 0. The molecule has 0 bridgehead atoms. The Balaban J connectivity index is 1.46. The molecular formula is C19H20N2O4. The van der Waals surface area contributed by atoms with Crippen LogP contribution in [-0.2, 0) is 0 Å². The zero-order chi connectivity index (χ0) is 17.2. The quantitative estimate of drug-likeness (QED) is 0.859. The molecule has 0 unspecified atom stereocenters. The minimum atomic E-state index is -0.0503. The molecule has 0 aliphatic carbocycles. The van der Waals surface area contributed by atoms with E-state index < -0.39 is 0 Å². The molecule has 0 radical (unpaired) electrons. The molecule has 0 spiro atoms. The number of aryl methyl sites for hydroxylation is 1. The molecule has 1 fully saturated rings. The van der Waals surface area contributed by atoms with Crippen molar-refractivity contribution in [2.75, 3.05) is 26.3 Å². The summed E-state index contributed by atoms with van der Waals surface area (Å²) in [6.45, 7) is 4.09. The number of pyridine rings is 1. The van der Waals surface area contributed by atoms with Crippen molar-refractivity contribution in [3.8, 4) is 17.4 Å². The average Bonchev–Trinajstić information content (AvgIpc) is 3.09. The van der Waals surface area contributed by atoms with Gasteiger partial charge in [-0.2, -0.15) is 0 Å². The Bertz CT molecular complexity index is 793. The van der Waals surface area contributed by atoms with Crippen LogP contribution in [0.5, 0.6) is 17.4 Å². The highest BCUT2D eigenvalue weighted by molar-refractivity contribution is 5.98. The third-order valence-corrected chi connectivity index (χ3v) is 4.38. The largest absolute Gasteiger partial charge is 0.486 e. The molecule has 0 N–H and O–H groups in total. The van der Waals surface area contributed by atoms with Crippen molar-refractivity contribution in [2.45, 2.75) is 19.4 Å². The zero-order valence-corrected chi connectivity index (χ0v) is 14.1. The Morgan fingerprint density at radius 2 is 2.04 bits per heavy atom. The van der Waals surface area contributed by atoms with E-state index in [1.165, 1.54) is 0 Å². The molecule has 1 aromatic heterocycles. The number of nitrogens with zero attached hydrogens (tertiary/aromatic N) is 2. The van der Waals surface area contributed by atoms with Gasteiger partial charge in [0.15, 0.2) is 11.5 Å². The van der Waals surface area contributed by atoms with Crippen LogP contribution in [0.15, 0.2) is 36.4 Å².